The zero-order chi connectivity index (χ0) is 14.0. The molecule has 2 fully saturated rings. The van der Waals surface area contributed by atoms with Crippen LogP contribution >= 0.6 is 0 Å². The van der Waals surface area contributed by atoms with Crippen molar-refractivity contribution in [1.29, 1.82) is 0 Å². The lowest BCUT2D eigenvalue weighted by atomic mass is 10.1. The summed E-state index contributed by atoms with van der Waals surface area (Å²) in [5.41, 5.74) is 0. The fourth-order valence-electron chi connectivity index (χ4n) is 3.03. The van der Waals surface area contributed by atoms with Crippen molar-refractivity contribution in [1.82, 2.24) is 9.80 Å². The minimum Gasteiger partial charge on any atom is -0.480 e. The van der Waals surface area contributed by atoms with Gasteiger partial charge < -0.3 is 5.11 Å². The second kappa shape index (κ2) is 5.69. The van der Waals surface area contributed by atoms with Crippen LogP contribution in [0.2, 0.25) is 0 Å². The molecule has 2 amide bonds. The molecule has 2 rings (SSSR count). The maximum atomic E-state index is 12.2. The SMILES string of the molecule is CCN1C(=O)CC(N2CCCCCC2C(=O)O)C1=O. The number of amides is 2. The van der Waals surface area contributed by atoms with Crippen LogP contribution in [0.1, 0.15) is 39.0 Å². The number of carbonyl (C=O) groups excluding carboxylic acids is 2. The minimum atomic E-state index is -0.892. The van der Waals surface area contributed by atoms with Crippen LogP contribution in [0.5, 0.6) is 0 Å². The molecule has 2 aliphatic heterocycles. The molecule has 2 saturated heterocycles. The minimum absolute atomic E-state index is 0.121. The lowest BCUT2D eigenvalue weighted by molar-refractivity contribution is -0.146. The summed E-state index contributed by atoms with van der Waals surface area (Å²) in [5.74, 6) is -1.32. The molecule has 1 N–H and O–H groups in total. The number of carboxylic acids is 1. The van der Waals surface area contributed by atoms with Crippen molar-refractivity contribution in [3.05, 3.63) is 0 Å². The van der Waals surface area contributed by atoms with E-state index >= 15 is 0 Å². The van der Waals surface area contributed by atoms with E-state index in [2.05, 4.69) is 0 Å². The lowest BCUT2D eigenvalue weighted by Crippen LogP contribution is -2.50. The quantitative estimate of drug-likeness (QED) is 0.752. The summed E-state index contributed by atoms with van der Waals surface area (Å²) in [6.45, 7) is 2.70. The highest BCUT2D eigenvalue weighted by molar-refractivity contribution is 6.05. The van der Waals surface area contributed by atoms with Crippen LogP contribution in [-0.2, 0) is 14.4 Å². The molecule has 0 aromatic rings. The molecule has 6 nitrogen and oxygen atoms in total. The summed E-state index contributed by atoms with van der Waals surface area (Å²) in [6, 6.07) is -1.22. The Labute approximate surface area is 112 Å². The average Bonchev–Trinajstić information content (AvgIpc) is 2.57. The summed E-state index contributed by atoms with van der Waals surface area (Å²) in [4.78, 5) is 38.3. The van der Waals surface area contributed by atoms with Gasteiger partial charge in [0, 0.05) is 6.54 Å². The maximum absolute atomic E-state index is 12.2. The Kier molecular flexibility index (Phi) is 4.19. The molecular formula is C13H20N2O4. The van der Waals surface area contributed by atoms with Crippen LogP contribution in [0.3, 0.4) is 0 Å². The van der Waals surface area contributed by atoms with E-state index in [0.29, 0.717) is 19.5 Å². The van der Waals surface area contributed by atoms with Crippen LogP contribution in [-0.4, -0.2) is 57.9 Å². The Bertz CT molecular complexity index is 396. The number of carbonyl (C=O) groups is 3. The second-order valence-corrected chi connectivity index (χ2v) is 5.14. The molecule has 2 aliphatic rings. The van der Waals surface area contributed by atoms with Crippen molar-refractivity contribution in [3.8, 4) is 0 Å². The third-order valence-electron chi connectivity index (χ3n) is 4.02. The third-order valence-corrected chi connectivity index (χ3v) is 4.02. The van der Waals surface area contributed by atoms with Crippen molar-refractivity contribution >= 4 is 17.8 Å². The van der Waals surface area contributed by atoms with Gasteiger partial charge in [-0.05, 0) is 26.3 Å². The highest BCUT2D eigenvalue weighted by Gasteiger charge is 2.44. The summed E-state index contributed by atoms with van der Waals surface area (Å²) in [5, 5.41) is 9.32. The first kappa shape index (κ1) is 14.0. The van der Waals surface area contributed by atoms with Gasteiger partial charge in [-0.2, -0.15) is 0 Å². The zero-order valence-electron chi connectivity index (χ0n) is 11.2. The van der Waals surface area contributed by atoms with Crippen LogP contribution in [0.15, 0.2) is 0 Å². The fourth-order valence-corrected chi connectivity index (χ4v) is 3.03. The number of likely N-dealkylation sites (tertiary alicyclic amines) is 2. The van der Waals surface area contributed by atoms with E-state index in [4.69, 9.17) is 0 Å². The molecule has 0 radical (unpaired) electrons. The first-order valence-corrected chi connectivity index (χ1v) is 6.89. The summed E-state index contributed by atoms with van der Waals surface area (Å²) in [6.07, 6.45) is 3.40. The Morgan fingerprint density at radius 2 is 2.05 bits per heavy atom. The van der Waals surface area contributed by atoms with E-state index in [1.807, 2.05) is 0 Å². The van der Waals surface area contributed by atoms with Gasteiger partial charge in [0.25, 0.3) is 0 Å². The molecule has 0 aromatic heterocycles. The third kappa shape index (κ3) is 2.63. The van der Waals surface area contributed by atoms with Crippen LogP contribution < -0.4 is 0 Å². The Balaban J connectivity index is 2.20. The molecule has 0 aromatic carbocycles. The zero-order valence-corrected chi connectivity index (χ0v) is 11.2. The van der Waals surface area contributed by atoms with Crippen LogP contribution in [0.4, 0.5) is 0 Å². The number of nitrogens with zero attached hydrogens (tertiary/aromatic N) is 2. The first-order chi connectivity index (χ1) is 9.06. The van der Waals surface area contributed by atoms with Gasteiger partial charge in [0.15, 0.2) is 0 Å². The number of carboxylic acid groups (broad SMARTS) is 1. The molecule has 0 saturated carbocycles. The van der Waals surface area contributed by atoms with E-state index in [1.165, 1.54) is 4.90 Å². The Morgan fingerprint density at radius 3 is 2.63 bits per heavy atom. The summed E-state index contributed by atoms with van der Waals surface area (Å²) >= 11 is 0. The van der Waals surface area contributed by atoms with Gasteiger partial charge in [0.2, 0.25) is 11.8 Å². The molecular weight excluding hydrogens is 248 g/mol. The standard InChI is InChI=1S/C13H20N2O4/c1-2-14-11(16)8-10(12(14)17)15-7-5-3-4-6-9(15)13(18)19/h9-10H,2-8H2,1H3,(H,18,19). The molecule has 2 atom stereocenters. The molecule has 0 spiro atoms. The number of imide groups is 1. The van der Waals surface area contributed by atoms with Gasteiger partial charge in [0.1, 0.15) is 6.04 Å². The average molecular weight is 268 g/mol. The molecule has 2 heterocycles. The molecule has 106 valence electrons. The van der Waals surface area contributed by atoms with Crippen molar-refractivity contribution < 1.29 is 19.5 Å². The number of aliphatic carboxylic acids is 1. The fraction of sp³-hybridized carbons (Fsp3) is 0.769. The molecule has 0 aliphatic carbocycles. The number of hydrogen-bond donors (Lipinski definition) is 1. The maximum Gasteiger partial charge on any atom is 0.320 e. The van der Waals surface area contributed by atoms with Crippen LogP contribution in [0, 0.1) is 0 Å². The Hall–Kier alpha value is -1.43. The second-order valence-electron chi connectivity index (χ2n) is 5.14. The largest absolute Gasteiger partial charge is 0.480 e. The van der Waals surface area contributed by atoms with Crippen molar-refractivity contribution in [2.45, 2.75) is 51.1 Å². The van der Waals surface area contributed by atoms with Crippen molar-refractivity contribution in [2.24, 2.45) is 0 Å². The number of rotatable bonds is 3. The van der Waals surface area contributed by atoms with Crippen molar-refractivity contribution in [2.75, 3.05) is 13.1 Å². The van der Waals surface area contributed by atoms with E-state index < -0.39 is 18.1 Å². The Morgan fingerprint density at radius 1 is 1.32 bits per heavy atom. The molecule has 0 bridgehead atoms. The van der Waals surface area contributed by atoms with E-state index in [1.54, 1.807) is 11.8 Å². The highest BCUT2D eigenvalue weighted by Crippen LogP contribution is 2.26. The normalized spacial score (nSPS) is 29.6. The monoisotopic (exact) mass is 268 g/mol. The van der Waals surface area contributed by atoms with E-state index in [9.17, 15) is 19.5 Å². The predicted molar refractivity (Wildman–Crippen MR) is 67.4 cm³/mol. The topological polar surface area (TPSA) is 77.9 Å². The highest BCUT2D eigenvalue weighted by atomic mass is 16.4. The van der Waals surface area contributed by atoms with Gasteiger partial charge in [-0.15, -0.1) is 0 Å². The van der Waals surface area contributed by atoms with Crippen molar-refractivity contribution in [3.63, 3.8) is 0 Å². The molecule has 6 heteroatoms. The predicted octanol–water partition coefficient (Wildman–Crippen LogP) is 0.463. The van der Waals surface area contributed by atoms with Gasteiger partial charge in [-0.1, -0.05) is 12.8 Å². The lowest BCUT2D eigenvalue weighted by Gasteiger charge is -2.30. The van der Waals surface area contributed by atoms with E-state index in [-0.39, 0.29) is 18.2 Å². The molecule has 2 unspecified atom stereocenters. The van der Waals surface area contributed by atoms with Gasteiger partial charge in [0.05, 0.1) is 12.5 Å². The summed E-state index contributed by atoms with van der Waals surface area (Å²) < 4.78 is 0. The number of hydrogen-bond acceptors (Lipinski definition) is 4. The first-order valence-electron chi connectivity index (χ1n) is 6.89. The molecule has 19 heavy (non-hydrogen) atoms. The van der Waals surface area contributed by atoms with Crippen LogP contribution in [0.25, 0.3) is 0 Å². The van der Waals surface area contributed by atoms with E-state index in [0.717, 1.165) is 19.3 Å². The summed E-state index contributed by atoms with van der Waals surface area (Å²) in [7, 11) is 0. The van der Waals surface area contributed by atoms with Gasteiger partial charge in [-0.25, -0.2) is 0 Å². The van der Waals surface area contributed by atoms with Gasteiger partial charge in [-0.3, -0.25) is 24.2 Å². The van der Waals surface area contributed by atoms with Gasteiger partial charge >= 0.3 is 5.97 Å². The number of likely N-dealkylation sites (N-methyl/N-ethyl adjacent to an activating group) is 1. The smallest absolute Gasteiger partial charge is 0.320 e.